The van der Waals surface area contributed by atoms with Crippen molar-refractivity contribution in [2.45, 2.75) is 65.0 Å². The van der Waals surface area contributed by atoms with E-state index in [-0.39, 0.29) is 36.1 Å². The van der Waals surface area contributed by atoms with E-state index in [1.165, 1.54) is 12.8 Å². The zero-order chi connectivity index (χ0) is 20.6. The predicted molar refractivity (Wildman–Crippen MR) is 110 cm³/mol. The Kier molecular flexibility index (Phi) is 7.27. The van der Waals surface area contributed by atoms with Crippen molar-refractivity contribution in [1.82, 2.24) is 10.5 Å². The molecule has 0 saturated heterocycles. The number of anilines is 1. The first-order valence-corrected chi connectivity index (χ1v) is 10.3. The number of aromatic nitrogens is 1. The van der Waals surface area contributed by atoms with Gasteiger partial charge < -0.3 is 19.9 Å². The highest BCUT2D eigenvalue weighted by Gasteiger charge is 2.18. The minimum atomic E-state index is -0.197. The summed E-state index contributed by atoms with van der Waals surface area (Å²) >= 11 is 0. The van der Waals surface area contributed by atoms with E-state index in [2.05, 4.69) is 15.8 Å². The maximum absolute atomic E-state index is 12.4. The van der Waals surface area contributed by atoms with E-state index in [0.717, 1.165) is 25.7 Å². The first-order chi connectivity index (χ1) is 14.0. The molecule has 1 saturated carbocycles. The maximum atomic E-state index is 12.4. The van der Waals surface area contributed by atoms with Crippen molar-refractivity contribution >= 4 is 17.5 Å². The molecule has 7 nitrogen and oxygen atoms in total. The molecule has 0 atom stereocenters. The quantitative estimate of drug-likeness (QED) is 0.677. The van der Waals surface area contributed by atoms with Gasteiger partial charge in [-0.25, -0.2) is 0 Å². The van der Waals surface area contributed by atoms with Gasteiger partial charge >= 0.3 is 0 Å². The van der Waals surface area contributed by atoms with Gasteiger partial charge in [-0.2, -0.15) is 0 Å². The molecular formula is C22H29N3O4. The van der Waals surface area contributed by atoms with Crippen molar-refractivity contribution in [1.29, 1.82) is 0 Å². The molecule has 1 heterocycles. The number of carbonyl (C=O) groups is 2. The summed E-state index contributed by atoms with van der Waals surface area (Å²) in [5, 5.41) is 9.75. The third-order valence-corrected chi connectivity index (χ3v) is 5.01. The fourth-order valence-corrected chi connectivity index (χ4v) is 3.25. The lowest BCUT2D eigenvalue weighted by Gasteiger charge is -2.14. The molecular weight excluding hydrogens is 370 g/mol. The van der Waals surface area contributed by atoms with Gasteiger partial charge in [0.05, 0.1) is 0 Å². The van der Waals surface area contributed by atoms with E-state index < -0.39 is 0 Å². The van der Waals surface area contributed by atoms with E-state index in [4.69, 9.17) is 9.26 Å². The van der Waals surface area contributed by atoms with Crippen LogP contribution < -0.4 is 15.4 Å². The zero-order valence-corrected chi connectivity index (χ0v) is 17.1. The van der Waals surface area contributed by atoms with Crippen LogP contribution in [0.4, 0.5) is 5.69 Å². The average molecular weight is 399 g/mol. The van der Waals surface area contributed by atoms with Gasteiger partial charge in [0.1, 0.15) is 12.4 Å². The van der Waals surface area contributed by atoms with Crippen LogP contribution in [0.25, 0.3) is 0 Å². The van der Waals surface area contributed by atoms with E-state index in [1.807, 2.05) is 13.8 Å². The molecule has 1 aromatic carbocycles. The molecule has 2 aromatic rings. The summed E-state index contributed by atoms with van der Waals surface area (Å²) in [5.74, 6) is 0.806. The van der Waals surface area contributed by atoms with Crippen LogP contribution in [0, 0.1) is 5.92 Å². The molecule has 1 aliphatic carbocycles. The fourth-order valence-electron chi connectivity index (χ4n) is 3.25. The lowest BCUT2D eigenvalue weighted by atomic mass is 10.1. The van der Waals surface area contributed by atoms with Crippen molar-refractivity contribution in [3.63, 3.8) is 0 Å². The topological polar surface area (TPSA) is 93.5 Å². The molecule has 0 aliphatic heterocycles. The molecule has 29 heavy (non-hydrogen) atoms. The average Bonchev–Trinajstić information content (AvgIpc) is 3.04. The number of benzene rings is 1. The van der Waals surface area contributed by atoms with Crippen LogP contribution in [0.5, 0.6) is 5.75 Å². The maximum Gasteiger partial charge on any atom is 0.273 e. The highest BCUT2D eigenvalue weighted by molar-refractivity contribution is 5.92. The van der Waals surface area contributed by atoms with Crippen LogP contribution in [0.2, 0.25) is 0 Å². The second-order valence-corrected chi connectivity index (χ2v) is 7.80. The number of rotatable bonds is 7. The number of amides is 2. The largest absolute Gasteiger partial charge is 0.486 e. The molecule has 1 aliphatic rings. The van der Waals surface area contributed by atoms with Crippen LogP contribution in [0.3, 0.4) is 0 Å². The van der Waals surface area contributed by atoms with E-state index in [9.17, 15) is 9.59 Å². The van der Waals surface area contributed by atoms with Gasteiger partial charge in [-0.15, -0.1) is 0 Å². The van der Waals surface area contributed by atoms with E-state index >= 15 is 0 Å². The molecule has 156 valence electrons. The molecule has 0 unspecified atom stereocenters. The summed E-state index contributed by atoms with van der Waals surface area (Å²) < 4.78 is 10.9. The molecule has 0 radical (unpaired) electrons. The zero-order valence-electron chi connectivity index (χ0n) is 17.1. The summed E-state index contributed by atoms with van der Waals surface area (Å²) in [6, 6.07) is 8.93. The van der Waals surface area contributed by atoms with Crippen LogP contribution in [-0.2, 0) is 11.4 Å². The standard InChI is InChI=1S/C22H29N3O4/c1-15(2)21(26)23-17-9-11-18(12-10-17)28-14-19-13-20(25-29-19)22(27)24-16-7-5-3-4-6-8-16/h9-13,15-16H,3-8,14H2,1-2H3,(H,23,26)(H,24,27). The number of nitrogens with zero attached hydrogens (tertiary/aromatic N) is 1. The predicted octanol–water partition coefficient (Wildman–Crippen LogP) is 4.30. The molecule has 1 aromatic heterocycles. The van der Waals surface area contributed by atoms with E-state index in [0.29, 0.717) is 17.2 Å². The number of nitrogens with one attached hydrogen (secondary N) is 2. The first-order valence-electron chi connectivity index (χ1n) is 10.3. The number of carbonyl (C=O) groups excluding carboxylic acids is 2. The molecule has 2 N–H and O–H groups in total. The van der Waals surface area contributed by atoms with Crippen molar-refractivity contribution in [2.75, 3.05) is 5.32 Å². The summed E-state index contributed by atoms with van der Waals surface area (Å²) in [6.45, 7) is 3.85. The number of ether oxygens (including phenoxy) is 1. The highest BCUT2D eigenvalue weighted by atomic mass is 16.5. The molecule has 0 bridgehead atoms. The summed E-state index contributed by atoms with van der Waals surface area (Å²) in [6.07, 6.45) is 6.83. The summed E-state index contributed by atoms with van der Waals surface area (Å²) in [4.78, 5) is 24.1. The lowest BCUT2D eigenvalue weighted by molar-refractivity contribution is -0.118. The van der Waals surface area contributed by atoms with Gasteiger partial charge in [0, 0.05) is 23.7 Å². The summed E-state index contributed by atoms with van der Waals surface area (Å²) in [5.41, 5.74) is 0.993. The second kappa shape index (κ2) is 10.1. The Bertz CT molecular complexity index is 806. The Morgan fingerprint density at radius 1 is 1.14 bits per heavy atom. The normalized spacial score (nSPS) is 15.0. The molecule has 2 amide bonds. The smallest absolute Gasteiger partial charge is 0.273 e. The van der Waals surface area contributed by atoms with Gasteiger partial charge in [-0.3, -0.25) is 9.59 Å². The lowest BCUT2D eigenvalue weighted by Crippen LogP contribution is -2.34. The van der Waals surface area contributed by atoms with Gasteiger partial charge in [-0.1, -0.05) is 44.7 Å². The third-order valence-electron chi connectivity index (χ3n) is 5.01. The fraction of sp³-hybridized carbons (Fsp3) is 0.500. The van der Waals surface area contributed by atoms with Gasteiger partial charge in [0.15, 0.2) is 11.5 Å². The van der Waals surface area contributed by atoms with Crippen LogP contribution >= 0.6 is 0 Å². The molecule has 0 spiro atoms. The molecule has 7 heteroatoms. The SMILES string of the molecule is CC(C)C(=O)Nc1ccc(OCc2cc(C(=O)NC3CCCCCC3)no2)cc1. The Hall–Kier alpha value is -2.83. The Morgan fingerprint density at radius 2 is 1.83 bits per heavy atom. The van der Waals surface area contributed by atoms with E-state index in [1.54, 1.807) is 30.3 Å². The monoisotopic (exact) mass is 399 g/mol. The second-order valence-electron chi connectivity index (χ2n) is 7.80. The highest BCUT2D eigenvalue weighted by Crippen LogP contribution is 2.19. The van der Waals surface area contributed by atoms with Gasteiger partial charge in [-0.05, 0) is 37.1 Å². The number of hydrogen-bond donors (Lipinski definition) is 2. The summed E-state index contributed by atoms with van der Waals surface area (Å²) in [7, 11) is 0. The van der Waals surface area contributed by atoms with Crippen molar-refractivity contribution in [3.05, 3.63) is 41.8 Å². The molecule has 3 rings (SSSR count). The Morgan fingerprint density at radius 3 is 2.48 bits per heavy atom. The van der Waals surface area contributed by atoms with Crippen LogP contribution in [0.15, 0.2) is 34.9 Å². The van der Waals surface area contributed by atoms with Gasteiger partial charge in [0.2, 0.25) is 5.91 Å². The van der Waals surface area contributed by atoms with Crippen molar-refractivity contribution < 1.29 is 18.8 Å². The van der Waals surface area contributed by atoms with Crippen molar-refractivity contribution in [3.8, 4) is 5.75 Å². The first kappa shape index (κ1) is 20.9. The Balaban J connectivity index is 1.48. The third kappa shape index (κ3) is 6.34. The number of hydrogen-bond acceptors (Lipinski definition) is 5. The minimum absolute atomic E-state index is 0.0324. The molecule has 1 fully saturated rings. The Labute approximate surface area is 171 Å². The minimum Gasteiger partial charge on any atom is -0.486 e. The van der Waals surface area contributed by atoms with Crippen molar-refractivity contribution in [2.24, 2.45) is 5.92 Å². The van der Waals surface area contributed by atoms with Gasteiger partial charge in [0.25, 0.3) is 5.91 Å². The van der Waals surface area contributed by atoms with Crippen LogP contribution in [0.1, 0.15) is 68.6 Å². The van der Waals surface area contributed by atoms with Crippen LogP contribution in [-0.4, -0.2) is 23.0 Å².